The summed E-state index contributed by atoms with van der Waals surface area (Å²) in [5, 5.41) is 3.13. The summed E-state index contributed by atoms with van der Waals surface area (Å²) in [7, 11) is -1.63. The molecule has 0 aromatic heterocycles. The molecule has 2 heterocycles. The van der Waals surface area contributed by atoms with Gasteiger partial charge in [-0.2, -0.15) is 4.31 Å². The average molecular weight is 365 g/mol. The van der Waals surface area contributed by atoms with Crippen LogP contribution >= 0.6 is 0 Å². The molecule has 2 aliphatic heterocycles. The van der Waals surface area contributed by atoms with E-state index in [0.29, 0.717) is 18.7 Å². The molecular formula is C18H27N3O3S. The van der Waals surface area contributed by atoms with Crippen LogP contribution in [0, 0.1) is 0 Å². The van der Waals surface area contributed by atoms with E-state index >= 15 is 0 Å². The molecule has 2 aliphatic rings. The van der Waals surface area contributed by atoms with Gasteiger partial charge in [-0.15, -0.1) is 0 Å². The third kappa shape index (κ3) is 3.88. The fraction of sp³-hybridized carbons (Fsp3) is 0.611. The number of hydrogen-bond donors (Lipinski definition) is 1. The van der Waals surface area contributed by atoms with Crippen molar-refractivity contribution < 1.29 is 13.2 Å². The first kappa shape index (κ1) is 18.4. The molecule has 0 aliphatic carbocycles. The van der Waals surface area contributed by atoms with Crippen LogP contribution < -0.4 is 5.32 Å². The van der Waals surface area contributed by atoms with Crippen LogP contribution in [0.4, 0.5) is 0 Å². The van der Waals surface area contributed by atoms with Gasteiger partial charge in [0, 0.05) is 37.8 Å². The zero-order valence-electron chi connectivity index (χ0n) is 14.8. The van der Waals surface area contributed by atoms with Gasteiger partial charge in [0.2, 0.25) is 10.0 Å². The van der Waals surface area contributed by atoms with Gasteiger partial charge >= 0.3 is 0 Å². The van der Waals surface area contributed by atoms with Gasteiger partial charge in [-0.3, -0.25) is 4.79 Å². The minimum absolute atomic E-state index is 0.0755. The molecule has 1 aromatic carbocycles. The van der Waals surface area contributed by atoms with E-state index in [0.717, 1.165) is 45.2 Å². The number of sulfonamides is 1. The molecule has 1 atom stereocenters. The smallest absolute Gasteiger partial charge is 0.254 e. The zero-order chi connectivity index (χ0) is 17.9. The molecule has 0 saturated carbocycles. The van der Waals surface area contributed by atoms with Crippen LogP contribution in [0.2, 0.25) is 0 Å². The number of benzene rings is 1. The normalized spacial score (nSPS) is 22.3. The fourth-order valence-electron chi connectivity index (χ4n) is 3.76. The van der Waals surface area contributed by atoms with Crippen LogP contribution in [-0.2, 0) is 10.0 Å². The molecule has 138 valence electrons. The van der Waals surface area contributed by atoms with Crippen molar-refractivity contribution in [1.29, 1.82) is 0 Å². The summed E-state index contributed by atoms with van der Waals surface area (Å²) in [5.41, 5.74) is 0.459. The van der Waals surface area contributed by atoms with Crippen molar-refractivity contribution in [3.05, 3.63) is 29.8 Å². The lowest BCUT2D eigenvalue weighted by Crippen LogP contribution is -2.41. The summed E-state index contributed by atoms with van der Waals surface area (Å²) in [6.45, 7) is 2.62. The summed E-state index contributed by atoms with van der Waals surface area (Å²) in [5.74, 6) is -0.0755. The highest BCUT2D eigenvalue weighted by Crippen LogP contribution is 2.24. The number of rotatable bonds is 5. The molecule has 6 nitrogen and oxygen atoms in total. The number of carbonyl (C=O) groups excluding carboxylic acids is 1. The van der Waals surface area contributed by atoms with E-state index < -0.39 is 10.0 Å². The number of nitrogens with one attached hydrogen (secondary N) is 1. The number of carbonyl (C=O) groups is 1. The van der Waals surface area contributed by atoms with E-state index in [-0.39, 0.29) is 16.8 Å². The maximum atomic E-state index is 12.9. The van der Waals surface area contributed by atoms with E-state index in [1.165, 1.54) is 0 Å². The highest BCUT2D eigenvalue weighted by Gasteiger charge is 2.30. The fourth-order valence-corrected chi connectivity index (χ4v) is 5.32. The molecule has 2 saturated heterocycles. The van der Waals surface area contributed by atoms with Crippen LogP contribution in [0.3, 0.4) is 0 Å². The summed E-state index contributed by atoms with van der Waals surface area (Å²) in [6, 6.07) is 6.70. The second kappa shape index (κ2) is 7.85. The summed E-state index contributed by atoms with van der Waals surface area (Å²) in [6.07, 6.45) is 4.85. The monoisotopic (exact) mass is 365 g/mol. The molecule has 25 heavy (non-hydrogen) atoms. The average Bonchev–Trinajstić information content (AvgIpc) is 3.10. The SMILES string of the molecule is CNCC1CCCN1C(=O)c1cccc(S(=O)(=O)N2CCCCC2)c1. The van der Waals surface area contributed by atoms with Crippen molar-refractivity contribution in [2.75, 3.05) is 33.2 Å². The Labute approximate surface area is 150 Å². The lowest BCUT2D eigenvalue weighted by molar-refractivity contribution is 0.0737. The van der Waals surface area contributed by atoms with Crippen molar-refractivity contribution in [3.8, 4) is 0 Å². The Morgan fingerprint density at radius 1 is 1.16 bits per heavy atom. The Morgan fingerprint density at radius 2 is 1.92 bits per heavy atom. The van der Waals surface area contributed by atoms with Crippen LogP contribution in [0.25, 0.3) is 0 Å². The molecule has 1 unspecified atom stereocenters. The standard InChI is InChI=1S/C18H27N3O3S/c1-19-14-16-8-6-12-21(16)18(22)15-7-5-9-17(13-15)25(23,24)20-10-3-2-4-11-20/h5,7,9,13,16,19H,2-4,6,8,10-12,14H2,1H3. The predicted octanol–water partition coefficient (Wildman–Crippen LogP) is 1.69. The predicted molar refractivity (Wildman–Crippen MR) is 97.0 cm³/mol. The van der Waals surface area contributed by atoms with Gasteiger partial charge < -0.3 is 10.2 Å². The third-order valence-electron chi connectivity index (χ3n) is 5.11. The summed E-state index contributed by atoms with van der Waals surface area (Å²) < 4.78 is 27.2. The lowest BCUT2D eigenvalue weighted by atomic mass is 10.1. The minimum atomic E-state index is -3.52. The first-order chi connectivity index (χ1) is 12.0. The lowest BCUT2D eigenvalue weighted by Gasteiger charge is -2.27. The van der Waals surface area contributed by atoms with Crippen molar-refractivity contribution in [2.45, 2.75) is 43.0 Å². The Balaban J connectivity index is 1.82. The second-order valence-corrected chi connectivity index (χ2v) is 8.78. The van der Waals surface area contributed by atoms with Gasteiger partial charge in [0.15, 0.2) is 0 Å². The number of piperidine rings is 1. The van der Waals surface area contributed by atoms with Crippen molar-refractivity contribution in [2.24, 2.45) is 0 Å². The van der Waals surface area contributed by atoms with E-state index in [1.54, 1.807) is 28.6 Å². The molecule has 3 rings (SSSR count). The maximum absolute atomic E-state index is 12.9. The van der Waals surface area contributed by atoms with E-state index in [4.69, 9.17) is 0 Å². The van der Waals surface area contributed by atoms with E-state index in [9.17, 15) is 13.2 Å². The van der Waals surface area contributed by atoms with Gasteiger partial charge in [-0.05, 0) is 50.9 Å². The summed E-state index contributed by atoms with van der Waals surface area (Å²) >= 11 is 0. The van der Waals surface area contributed by atoms with Crippen molar-refractivity contribution >= 4 is 15.9 Å². The van der Waals surface area contributed by atoms with Crippen LogP contribution in [0.5, 0.6) is 0 Å². The molecule has 1 aromatic rings. The zero-order valence-corrected chi connectivity index (χ0v) is 15.6. The van der Waals surface area contributed by atoms with E-state index in [2.05, 4.69) is 5.32 Å². The van der Waals surface area contributed by atoms with Crippen molar-refractivity contribution in [3.63, 3.8) is 0 Å². The first-order valence-corrected chi connectivity index (χ1v) is 10.5. The molecule has 0 radical (unpaired) electrons. The van der Waals surface area contributed by atoms with Gasteiger partial charge in [-0.1, -0.05) is 12.5 Å². The Bertz CT molecular complexity index is 714. The minimum Gasteiger partial charge on any atom is -0.334 e. The number of nitrogens with zero attached hydrogens (tertiary/aromatic N) is 2. The molecular weight excluding hydrogens is 338 g/mol. The third-order valence-corrected chi connectivity index (χ3v) is 7.01. The highest BCUT2D eigenvalue weighted by atomic mass is 32.2. The van der Waals surface area contributed by atoms with Crippen LogP contribution in [-0.4, -0.2) is 62.8 Å². The summed E-state index contributed by atoms with van der Waals surface area (Å²) in [4.78, 5) is 15.0. The molecule has 2 fully saturated rings. The molecule has 0 spiro atoms. The molecule has 1 N–H and O–H groups in total. The van der Waals surface area contributed by atoms with Gasteiger partial charge in [0.25, 0.3) is 5.91 Å². The quantitative estimate of drug-likeness (QED) is 0.862. The largest absolute Gasteiger partial charge is 0.334 e. The second-order valence-electron chi connectivity index (χ2n) is 6.84. The number of amides is 1. The van der Waals surface area contributed by atoms with Gasteiger partial charge in [0.1, 0.15) is 0 Å². The first-order valence-electron chi connectivity index (χ1n) is 9.10. The highest BCUT2D eigenvalue weighted by molar-refractivity contribution is 7.89. The number of hydrogen-bond acceptors (Lipinski definition) is 4. The number of likely N-dealkylation sites (N-methyl/N-ethyl adjacent to an activating group) is 1. The maximum Gasteiger partial charge on any atom is 0.254 e. The van der Waals surface area contributed by atoms with Crippen LogP contribution in [0.1, 0.15) is 42.5 Å². The van der Waals surface area contributed by atoms with Crippen LogP contribution in [0.15, 0.2) is 29.2 Å². The Kier molecular flexibility index (Phi) is 5.76. The van der Waals surface area contributed by atoms with Gasteiger partial charge in [0.05, 0.1) is 4.90 Å². The molecule has 1 amide bonds. The number of likely N-dealkylation sites (tertiary alicyclic amines) is 1. The topological polar surface area (TPSA) is 69.7 Å². The molecule has 7 heteroatoms. The molecule has 0 bridgehead atoms. The van der Waals surface area contributed by atoms with Gasteiger partial charge in [-0.25, -0.2) is 8.42 Å². The van der Waals surface area contributed by atoms with E-state index in [1.807, 2.05) is 11.9 Å². The van der Waals surface area contributed by atoms with Crippen molar-refractivity contribution in [1.82, 2.24) is 14.5 Å². The Morgan fingerprint density at radius 3 is 2.64 bits per heavy atom. The Hall–Kier alpha value is -1.44.